The van der Waals surface area contributed by atoms with Crippen LogP contribution < -0.4 is 5.32 Å². The third-order valence-electron chi connectivity index (χ3n) is 3.84. The molecule has 2 heterocycles. The Labute approximate surface area is 124 Å². The molecule has 2 atom stereocenters. The smallest absolute Gasteiger partial charge is 0.138 e. The molecule has 1 fully saturated rings. The molecule has 2 N–H and O–H groups in total. The number of aromatic hydroxyl groups is 1. The molecular weight excluding hydrogens is 264 g/mol. The van der Waals surface area contributed by atoms with Crippen LogP contribution in [0.15, 0.2) is 42.5 Å². The van der Waals surface area contributed by atoms with E-state index in [1.54, 1.807) is 6.07 Å². The maximum absolute atomic E-state index is 9.86. The van der Waals surface area contributed by atoms with Crippen molar-refractivity contribution in [3.8, 4) is 5.75 Å². The summed E-state index contributed by atoms with van der Waals surface area (Å²) in [7, 11) is 0. The van der Waals surface area contributed by atoms with Gasteiger partial charge in [-0.1, -0.05) is 30.3 Å². The first kappa shape index (κ1) is 14.0. The molecule has 0 radical (unpaired) electrons. The molecule has 1 aromatic heterocycles. The van der Waals surface area contributed by atoms with Gasteiger partial charge < -0.3 is 15.2 Å². The van der Waals surface area contributed by atoms with Gasteiger partial charge in [0.15, 0.2) is 0 Å². The number of ether oxygens (including phenoxy) is 1. The molecule has 0 spiro atoms. The van der Waals surface area contributed by atoms with Crippen molar-refractivity contribution in [2.24, 2.45) is 0 Å². The minimum Gasteiger partial charge on any atom is -0.506 e. The number of aryl methyl sites for hydroxylation is 1. The lowest BCUT2D eigenvalue weighted by molar-refractivity contribution is 0.0983. The lowest BCUT2D eigenvalue weighted by atomic mass is 10.0. The van der Waals surface area contributed by atoms with Crippen molar-refractivity contribution < 1.29 is 9.84 Å². The number of benzene rings is 1. The van der Waals surface area contributed by atoms with Crippen LogP contribution >= 0.6 is 0 Å². The van der Waals surface area contributed by atoms with Gasteiger partial charge in [0.2, 0.25) is 0 Å². The van der Waals surface area contributed by atoms with E-state index in [0.717, 1.165) is 18.7 Å². The Balaban J connectivity index is 1.68. The molecule has 4 nitrogen and oxygen atoms in total. The highest BCUT2D eigenvalue weighted by Gasteiger charge is 2.29. The summed E-state index contributed by atoms with van der Waals surface area (Å²) >= 11 is 0. The van der Waals surface area contributed by atoms with Crippen LogP contribution in [0, 0.1) is 6.92 Å². The van der Waals surface area contributed by atoms with Crippen LogP contribution in [0.2, 0.25) is 0 Å². The maximum Gasteiger partial charge on any atom is 0.138 e. The SMILES string of the molecule is Cc1ccc(O)c(CNC2CCOC2c2ccccc2)n1. The monoisotopic (exact) mass is 284 g/mol. The molecule has 2 aromatic rings. The number of hydrogen-bond acceptors (Lipinski definition) is 4. The van der Waals surface area contributed by atoms with Gasteiger partial charge >= 0.3 is 0 Å². The second kappa shape index (κ2) is 6.24. The van der Waals surface area contributed by atoms with Crippen molar-refractivity contribution in [1.29, 1.82) is 0 Å². The second-order valence-electron chi connectivity index (χ2n) is 5.40. The normalized spacial score (nSPS) is 21.6. The molecule has 4 heteroatoms. The average Bonchev–Trinajstić information content (AvgIpc) is 2.97. The maximum atomic E-state index is 9.86. The Hall–Kier alpha value is -1.91. The summed E-state index contributed by atoms with van der Waals surface area (Å²) in [4.78, 5) is 4.38. The molecule has 0 bridgehead atoms. The summed E-state index contributed by atoms with van der Waals surface area (Å²) in [6.45, 7) is 3.23. The highest BCUT2D eigenvalue weighted by atomic mass is 16.5. The number of nitrogens with one attached hydrogen (secondary N) is 1. The minimum absolute atomic E-state index is 0.0677. The quantitative estimate of drug-likeness (QED) is 0.906. The molecule has 0 aliphatic carbocycles. The number of hydrogen-bond donors (Lipinski definition) is 2. The second-order valence-corrected chi connectivity index (χ2v) is 5.40. The standard InChI is InChI=1S/C17H20N2O2/c1-12-7-8-16(20)15(19-12)11-18-14-9-10-21-17(14)13-5-3-2-4-6-13/h2-8,14,17-18,20H,9-11H2,1H3. The fourth-order valence-electron chi connectivity index (χ4n) is 2.73. The van der Waals surface area contributed by atoms with Crippen LogP contribution in [0.3, 0.4) is 0 Å². The molecule has 21 heavy (non-hydrogen) atoms. The zero-order valence-electron chi connectivity index (χ0n) is 12.1. The van der Waals surface area contributed by atoms with Crippen molar-refractivity contribution in [2.45, 2.75) is 32.0 Å². The Morgan fingerprint density at radius 2 is 2.05 bits per heavy atom. The van der Waals surface area contributed by atoms with Gasteiger partial charge in [-0.05, 0) is 31.0 Å². The van der Waals surface area contributed by atoms with Crippen molar-refractivity contribution in [3.63, 3.8) is 0 Å². The van der Waals surface area contributed by atoms with Crippen LogP contribution in [0.25, 0.3) is 0 Å². The zero-order valence-corrected chi connectivity index (χ0v) is 12.1. The van der Waals surface area contributed by atoms with E-state index in [0.29, 0.717) is 12.2 Å². The number of rotatable bonds is 4. The third kappa shape index (κ3) is 3.23. The van der Waals surface area contributed by atoms with E-state index < -0.39 is 0 Å². The number of nitrogens with zero attached hydrogens (tertiary/aromatic N) is 1. The number of aromatic nitrogens is 1. The van der Waals surface area contributed by atoms with Crippen LogP contribution in [0.5, 0.6) is 5.75 Å². The summed E-state index contributed by atoms with van der Waals surface area (Å²) in [5, 5.41) is 13.3. The zero-order chi connectivity index (χ0) is 14.7. The van der Waals surface area contributed by atoms with Crippen molar-refractivity contribution in [3.05, 3.63) is 59.4 Å². The third-order valence-corrected chi connectivity index (χ3v) is 3.84. The van der Waals surface area contributed by atoms with Gasteiger partial charge in [0.25, 0.3) is 0 Å². The highest BCUT2D eigenvalue weighted by Crippen LogP contribution is 2.29. The van der Waals surface area contributed by atoms with Gasteiger partial charge in [-0.15, -0.1) is 0 Å². The van der Waals surface area contributed by atoms with E-state index in [1.807, 2.05) is 31.2 Å². The Morgan fingerprint density at radius 1 is 1.24 bits per heavy atom. The fraction of sp³-hybridized carbons (Fsp3) is 0.353. The van der Waals surface area contributed by atoms with E-state index in [9.17, 15) is 5.11 Å². The van der Waals surface area contributed by atoms with Crippen LogP contribution in [-0.4, -0.2) is 22.7 Å². The van der Waals surface area contributed by atoms with Gasteiger partial charge in [-0.2, -0.15) is 0 Å². The fourth-order valence-corrected chi connectivity index (χ4v) is 2.73. The number of pyridine rings is 1. The molecule has 1 saturated heterocycles. The van der Waals surface area contributed by atoms with Gasteiger partial charge in [-0.3, -0.25) is 4.98 Å². The first-order valence-electron chi connectivity index (χ1n) is 7.29. The highest BCUT2D eigenvalue weighted by molar-refractivity contribution is 5.27. The van der Waals surface area contributed by atoms with E-state index in [2.05, 4.69) is 22.4 Å². The lowest BCUT2D eigenvalue weighted by Crippen LogP contribution is -2.31. The first-order valence-corrected chi connectivity index (χ1v) is 7.29. The summed E-state index contributed by atoms with van der Waals surface area (Å²) in [6, 6.07) is 14.0. The summed E-state index contributed by atoms with van der Waals surface area (Å²) in [6.07, 6.45) is 1.03. The van der Waals surface area contributed by atoms with Crippen LogP contribution in [0.1, 0.15) is 29.5 Å². The van der Waals surface area contributed by atoms with Gasteiger partial charge in [-0.25, -0.2) is 0 Å². The van der Waals surface area contributed by atoms with Gasteiger partial charge in [0.05, 0.1) is 11.8 Å². The van der Waals surface area contributed by atoms with Crippen molar-refractivity contribution >= 4 is 0 Å². The largest absolute Gasteiger partial charge is 0.506 e. The van der Waals surface area contributed by atoms with Crippen molar-refractivity contribution in [1.82, 2.24) is 10.3 Å². The molecular formula is C17H20N2O2. The summed E-state index contributed by atoms with van der Waals surface area (Å²) in [5.41, 5.74) is 2.79. The lowest BCUT2D eigenvalue weighted by Gasteiger charge is -2.20. The summed E-state index contributed by atoms with van der Waals surface area (Å²) < 4.78 is 5.85. The van der Waals surface area contributed by atoms with E-state index in [1.165, 1.54) is 5.56 Å². The minimum atomic E-state index is 0.0677. The molecule has 1 aliphatic heterocycles. The van der Waals surface area contributed by atoms with Crippen LogP contribution in [0.4, 0.5) is 0 Å². The molecule has 110 valence electrons. The molecule has 1 aromatic carbocycles. The van der Waals surface area contributed by atoms with Crippen molar-refractivity contribution in [2.75, 3.05) is 6.61 Å². The Bertz CT molecular complexity index is 601. The topological polar surface area (TPSA) is 54.4 Å². The van der Waals surface area contributed by atoms with Crippen LogP contribution in [-0.2, 0) is 11.3 Å². The first-order chi connectivity index (χ1) is 10.2. The summed E-state index contributed by atoms with van der Waals surface area (Å²) in [5.74, 6) is 0.239. The van der Waals surface area contributed by atoms with E-state index >= 15 is 0 Å². The van der Waals surface area contributed by atoms with E-state index in [4.69, 9.17) is 4.74 Å². The molecule has 2 unspecified atom stereocenters. The van der Waals surface area contributed by atoms with Gasteiger partial charge in [0, 0.05) is 24.9 Å². The predicted octanol–water partition coefficient (Wildman–Crippen LogP) is 2.72. The Morgan fingerprint density at radius 3 is 2.86 bits per heavy atom. The molecule has 1 aliphatic rings. The predicted molar refractivity (Wildman–Crippen MR) is 81.0 cm³/mol. The molecule has 0 saturated carbocycles. The van der Waals surface area contributed by atoms with Gasteiger partial charge in [0.1, 0.15) is 5.75 Å². The molecule has 0 amide bonds. The van der Waals surface area contributed by atoms with E-state index in [-0.39, 0.29) is 17.9 Å². The molecule has 3 rings (SSSR count). The Kier molecular flexibility index (Phi) is 4.18. The average molecular weight is 284 g/mol.